The summed E-state index contributed by atoms with van der Waals surface area (Å²) in [6, 6.07) is 0. The first-order valence-electron chi connectivity index (χ1n) is 4.29. The fourth-order valence-corrected chi connectivity index (χ4v) is 3.68. The molecule has 2 aliphatic rings. The summed E-state index contributed by atoms with van der Waals surface area (Å²) in [5.74, 6) is 0. The van der Waals surface area contributed by atoms with Crippen molar-refractivity contribution >= 4 is 30.4 Å². The van der Waals surface area contributed by atoms with E-state index in [0.29, 0.717) is 6.10 Å². The summed E-state index contributed by atoms with van der Waals surface area (Å²) in [4.78, 5) is 0. The minimum absolute atomic E-state index is 0.579. The first kappa shape index (κ1) is 8.63. The molecule has 0 aromatic rings. The maximum atomic E-state index is 5.47. The topological polar surface area (TPSA) is 9.23 Å². The van der Waals surface area contributed by atoms with E-state index in [1.807, 2.05) is 0 Å². The highest BCUT2D eigenvalue weighted by molar-refractivity contribution is 14.2. The zero-order valence-corrected chi connectivity index (χ0v) is 9.49. The molecular formula is C8H13IOS. The Morgan fingerprint density at radius 3 is 2.45 bits per heavy atom. The standard InChI is InChI=1S/C8H13IOS/c9-11-10-7-5-8(6-7)3-1-2-4-8/h7H,1-6H2. The van der Waals surface area contributed by atoms with Crippen molar-refractivity contribution < 1.29 is 4.18 Å². The van der Waals surface area contributed by atoms with Gasteiger partial charge in [0.05, 0.1) is 15.3 Å². The molecule has 0 N–H and O–H groups in total. The molecule has 0 aliphatic heterocycles. The summed E-state index contributed by atoms with van der Waals surface area (Å²) in [6.07, 6.45) is 9.12. The Morgan fingerprint density at radius 1 is 1.27 bits per heavy atom. The molecule has 2 saturated carbocycles. The minimum Gasteiger partial charge on any atom is -0.302 e. The molecule has 0 aromatic heterocycles. The van der Waals surface area contributed by atoms with Crippen LogP contribution in [0.1, 0.15) is 38.5 Å². The van der Waals surface area contributed by atoms with Gasteiger partial charge >= 0.3 is 0 Å². The number of hydrogen-bond acceptors (Lipinski definition) is 2. The van der Waals surface area contributed by atoms with Crippen LogP contribution >= 0.6 is 30.4 Å². The van der Waals surface area contributed by atoms with Gasteiger partial charge in [-0.25, -0.2) is 0 Å². The van der Waals surface area contributed by atoms with Gasteiger partial charge in [-0.3, -0.25) is 0 Å². The van der Waals surface area contributed by atoms with Crippen LogP contribution in [0, 0.1) is 5.41 Å². The van der Waals surface area contributed by atoms with E-state index in [9.17, 15) is 0 Å². The SMILES string of the molecule is ISOC1CC2(CCCC2)C1. The average molecular weight is 284 g/mol. The minimum atomic E-state index is 0.579. The monoisotopic (exact) mass is 284 g/mol. The van der Waals surface area contributed by atoms with E-state index < -0.39 is 0 Å². The van der Waals surface area contributed by atoms with Gasteiger partial charge < -0.3 is 4.18 Å². The molecule has 2 fully saturated rings. The van der Waals surface area contributed by atoms with Crippen molar-refractivity contribution in [3.63, 3.8) is 0 Å². The summed E-state index contributed by atoms with van der Waals surface area (Å²) < 4.78 is 5.47. The largest absolute Gasteiger partial charge is 0.302 e. The third-order valence-corrected chi connectivity index (χ3v) is 4.13. The van der Waals surface area contributed by atoms with Crippen molar-refractivity contribution in [1.29, 1.82) is 0 Å². The van der Waals surface area contributed by atoms with E-state index in [0.717, 1.165) is 5.41 Å². The maximum Gasteiger partial charge on any atom is 0.0742 e. The molecular weight excluding hydrogens is 271 g/mol. The zero-order valence-electron chi connectivity index (χ0n) is 6.51. The molecule has 1 nitrogen and oxygen atoms in total. The van der Waals surface area contributed by atoms with Crippen molar-refractivity contribution in [2.24, 2.45) is 5.41 Å². The van der Waals surface area contributed by atoms with Crippen LogP contribution in [0.2, 0.25) is 0 Å². The van der Waals surface area contributed by atoms with Crippen LogP contribution in [-0.2, 0) is 4.18 Å². The molecule has 0 radical (unpaired) electrons. The second-order valence-corrected chi connectivity index (χ2v) is 5.29. The van der Waals surface area contributed by atoms with Gasteiger partial charge in [0.15, 0.2) is 0 Å². The van der Waals surface area contributed by atoms with Gasteiger partial charge in [0.2, 0.25) is 0 Å². The lowest BCUT2D eigenvalue weighted by Gasteiger charge is -2.44. The molecule has 3 heteroatoms. The molecule has 0 aromatic carbocycles. The normalized spacial score (nSPS) is 29.2. The Balaban J connectivity index is 1.77. The van der Waals surface area contributed by atoms with Gasteiger partial charge in [-0.2, -0.15) is 0 Å². The van der Waals surface area contributed by atoms with Crippen molar-refractivity contribution in [1.82, 2.24) is 0 Å². The van der Waals surface area contributed by atoms with E-state index in [4.69, 9.17) is 4.18 Å². The van der Waals surface area contributed by atoms with Crippen LogP contribution in [-0.4, -0.2) is 6.10 Å². The maximum absolute atomic E-state index is 5.47. The lowest BCUT2D eigenvalue weighted by atomic mass is 9.66. The van der Waals surface area contributed by atoms with Gasteiger partial charge in [-0.05, 0) is 31.1 Å². The van der Waals surface area contributed by atoms with Gasteiger partial charge in [-0.1, -0.05) is 12.8 Å². The predicted molar refractivity (Wildman–Crippen MR) is 56.6 cm³/mol. The molecule has 2 rings (SSSR count). The number of rotatable bonds is 2. The molecule has 0 amide bonds. The van der Waals surface area contributed by atoms with E-state index in [1.54, 1.807) is 0 Å². The second-order valence-electron chi connectivity index (χ2n) is 3.90. The summed E-state index contributed by atoms with van der Waals surface area (Å²) in [5, 5.41) is 0. The molecule has 1 spiro atoms. The molecule has 0 bridgehead atoms. The summed E-state index contributed by atoms with van der Waals surface area (Å²) >= 11 is 2.21. The smallest absolute Gasteiger partial charge is 0.0742 e. The summed E-state index contributed by atoms with van der Waals surface area (Å²) in [6.45, 7) is 0. The first-order chi connectivity index (χ1) is 5.35. The number of hydrogen-bond donors (Lipinski definition) is 0. The molecule has 64 valence electrons. The van der Waals surface area contributed by atoms with Gasteiger partial charge in [-0.15, -0.1) is 0 Å². The Bertz CT molecular complexity index is 137. The molecule has 0 heterocycles. The van der Waals surface area contributed by atoms with Gasteiger partial charge in [0, 0.05) is 21.2 Å². The van der Waals surface area contributed by atoms with Gasteiger partial charge in [0.25, 0.3) is 0 Å². The van der Waals surface area contributed by atoms with Crippen molar-refractivity contribution in [3.8, 4) is 0 Å². The molecule has 0 saturated heterocycles. The van der Waals surface area contributed by atoms with Crippen molar-refractivity contribution in [2.45, 2.75) is 44.6 Å². The predicted octanol–water partition coefficient (Wildman–Crippen LogP) is 3.72. The highest BCUT2D eigenvalue weighted by Crippen LogP contribution is 2.54. The highest BCUT2D eigenvalue weighted by atomic mass is 127. The Hall–Kier alpha value is 1.04. The highest BCUT2D eigenvalue weighted by Gasteiger charge is 2.46. The van der Waals surface area contributed by atoms with Crippen LogP contribution < -0.4 is 0 Å². The lowest BCUT2D eigenvalue weighted by Crippen LogP contribution is -2.39. The average Bonchev–Trinajstić information content (AvgIpc) is 2.35. The lowest BCUT2D eigenvalue weighted by molar-refractivity contribution is 0.00332. The van der Waals surface area contributed by atoms with Crippen molar-refractivity contribution in [3.05, 3.63) is 0 Å². The summed E-state index contributed by atoms with van der Waals surface area (Å²) in [7, 11) is 1.50. The zero-order chi connectivity index (χ0) is 7.73. The fourth-order valence-electron chi connectivity index (χ4n) is 2.56. The van der Waals surface area contributed by atoms with E-state index in [-0.39, 0.29) is 0 Å². The molecule has 0 unspecified atom stereocenters. The molecule has 2 aliphatic carbocycles. The third-order valence-electron chi connectivity index (χ3n) is 3.16. The Kier molecular flexibility index (Phi) is 2.68. The Labute approximate surface area is 84.4 Å². The van der Waals surface area contributed by atoms with Crippen LogP contribution in [0.4, 0.5) is 0 Å². The molecule has 11 heavy (non-hydrogen) atoms. The van der Waals surface area contributed by atoms with E-state index in [1.165, 1.54) is 47.7 Å². The van der Waals surface area contributed by atoms with Crippen LogP contribution in [0.3, 0.4) is 0 Å². The van der Waals surface area contributed by atoms with Crippen LogP contribution in [0.15, 0.2) is 0 Å². The molecule has 0 atom stereocenters. The van der Waals surface area contributed by atoms with E-state index in [2.05, 4.69) is 21.2 Å². The second kappa shape index (κ2) is 3.42. The van der Waals surface area contributed by atoms with Crippen LogP contribution in [0.5, 0.6) is 0 Å². The van der Waals surface area contributed by atoms with E-state index >= 15 is 0 Å². The fraction of sp³-hybridized carbons (Fsp3) is 1.00. The van der Waals surface area contributed by atoms with Crippen molar-refractivity contribution in [2.75, 3.05) is 0 Å². The first-order valence-corrected chi connectivity index (χ1v) is 7.57. The quantitative estimate of drug-likeness (QED) is 0.564. The number of halogens is 1. The summed E-state index contributed by atoms with van der Waals surface area (Å²) in [5.41, 5.74) is 0.747. The Morgan fingerprint density at radius 2 is 1.91 bits per heavy atom. The third kappa shape index (κ3) is 1.70. The van der Waals surface area contributed by atoms with Gasteiger partial charge in [0.1, 0.15) is 0 Å². The van der Waals surface area contributed by atoms with Crippen LogP contribution in [0.25, 0.3) is 0 Å².